The molecule has 25 heavy (non-hydrogen) atoms. The molecule has 1 N–H and O–H groups in total. The molecule has 0 bridgehead atoms. The van der Waals surface area contributed by atoms with E-state index < -0.39 is 25.1 Å². The number of carbonyl (C=O) groups excluding carboxylic acids is 2. The first-order valence-corrected chi connectivity index (χ1v) is 8.28. The second-order valence-corrected chi connectivity index (χ2v) is 6.20. The van der Waals surface area contributed by atoms with Gasteiger partial charge in [-0.2, -0.15) is 8.78 Å². The molecule has 2 aromatic carbocycles. The van der Waals surface area contributed by atoms with Crippen molar-refractivity contribution < 1.29 is 27.8 Å². The third-order valence-electron chi connectivity index (χ3n) is 2.86. The number of hydrogen-bond acceptors (Lipinski definition) is 4. The Bertz CT molecular complexity index is 788. The van der Waals surface area contributed by atoms with Gasteiger partial charge in [0, 0.05) is 9.26 Å². The smallest absolute Gasteiger partial charge is 0.387 e. The standard InChI is InChI=1S/C16H11ClF2INO4/c17-11-7-9(5-6-13(11)25-16(18)19)21-14(22)8-24-15(23)10-3-1-2-4-12(10)20/h1-7,16H,8H2,(H,21,22). The van der Waals surface area contributed by atoms with Crippen LogP contribution in [-0.4, -0.2) is 25.1 Å². The molecule has 0 saturated carbocycles. The van der Waals surface area contributed by atoms with Crippen molar-refractivity contribution in [2.24, 2.45) is 0 Å². The second kappa shape index (κ2) is 8.95. The molecule has 2 rings (SSSR count). The molecule has 0 radical (unpaired) electrons. The summed E-state index contributed by atoms with van der Waals surface area (Å²) in [5.74, 6) is -1.43. The number of esters is 1. The van der Waals surface area contributed by atoms with Gasteiger partial charge in [0.2, 0.25) is 0 Å². The minimum absolute atomic E-state index is 0.0889. The predicted molar refractivity (Wildman–Crippen MR) is 96.2 cm³/mol. The molecule has 0 heterocycles. The minimum atomic E-state index is -3.00. The van der Waals surface area contributed by atoms with Crippen LogP contribution in [0.2, 0.25) is 5.02 Å². The molecule has 5 nitrogen and oxygen atoms in total. The van der Waals surface area contributed by atoms with Crippen molar-refractivity contribution in [1.82, 2.24) is 0 Å². The van der Waals surface area contributed by atoms with Crippen LogP contribution in [0.1, 0.15) is 10.4 Å². The largest absolute Gasteiger partial charge is 0.452 e. The van der Waals surface area contributed by atoms with E-state index in [1.807, 2.05) is 22.6 Å². The molecule has 0 saturated heterocycles. The Morgan fingerprint density at radius 1 is 1.20 bits per heavy atom. The van der Waals surface area contributed by atoms with E-state index in [1.165, 1.54) is 18.2 Å². The van der Waals surface area contributed by atoms with Gasteiger partial charge in [-0.1, -0.05) is 23.7 Å². The fourth-order valence-corrected chi connectivity index (χ4v) is 2.64. The lowest BCUT2D eigenvalue weighted by atomic mass is 10.2. The van der Waals surface area contributed by atoms with Crippen LogP contribution in [-0.2, 0) is 9.53 Å². The maximum Gasteiger partial charge on any atom is 0.387 e. The summed E-state index contributed by atoms with van der Waals surface area (Å²) in [6.07, 6.45) is 0. The van der Waals surface area contributed by atoms with Gasteiger partial charge in [0.15, 0.2) is 6.61 Å². The van der Waals surface area contributed by atoms with Gasteiger partial charge in [-0.15, -0.1) is 0 Å². The maximum absolute atomic E-state index is 12.2. The average Bonchev–Trinajstić information content (AvgIpc) is 2.55. The van der Waals surface area contributed by atoms with Gasteiger partial charge < -0.3 is 14.8 Å². The van der Waals surface area contributed by atoms with Crippen molar-refractivity contribution in [3.63, 3.8) is 0 Å². The predicted octanol–water partition coefficient (Wildman–Crippen LogP) is 4.34. The van der Waals surface area contributed by atoms with Gasteiger partial charge >= 0.3 is 12.6 Å². The Morgan fingerprint density at radius 3 is 2.56 bits per heavy atom. The van der Waals surface area contributed by atoms with Gasteiger partial charge in [-0.3, -0.25) is 4.79 Å². The quantitative estimate of drug-likeness (QED) is 0.492. The van der Waals surface area contributed by atoms with Crippen LogP contribution < -0.4 is 10.1 Å². The Labute approximate surface area is 160 Å². The highest BCUT2D eigenvalue weighted by atomic mass is 127. The van der Waals surface area contributed by atoms with Crippen molar-refractivity contribution in [2.75, 3.05) is 11.9 Å². The molecule has 0 atom stereocenters. The molecule has 0 fully saturated rings. The van der Waals surface area contributed by atoms with Crippen LogP contribution in [0.25, 0.3) is 0 Å². The SMILES string of the molecule is O=C(COC(=O)c1ccccc1I)Nc1ccc(OC(F)F)c(Cl)c1. The number of nitrogens with one attached hydrogen (secondary N) is 1. The monoisotopic (exact) mass is 481 g/mol. The zero-order valence-electron chi connectivity index (χ0n) is 12.5. The molecule has 9 heteroatoms. The molecule has 0 unspecified atom stereocenters. The first kappa shape index (κ1) is 19.4. The highest BCUT2D eigenvalue weighted by Crippen LogP contribution is 2.28. The number of carbonyl (C=O) groups is 2. The first-order chi connectivity index (χ1) is 11.9. The Balaban J connectivity index is 1.91. The number of benzene rings is 2. The van der Waals surface area contributed by atoms with Crippen molar-refractivity contribution >= 4 is 51.8 Å². The van der Waals surface area contributed by atoms with Gasteiger partial charge in [0.25, 0.3) is 5.91 Å². The minimum Gasteiger partial charge on any atom is -0.452 e. The molecule has 0 aliphatic carbocycles. The van der Waals surface area contributed by atoms with Gasteiger partial charge in [0.05, 0.1) is 10.6 Å². The molecule has 0 aliphatic rings. The van der Waals surface area contributed by atoms with E-state index in [0.29, 0.717) is 9.13 Å². The number of ether oxygens (including phenoxy) is 2. The lowest BCUT2D eigenvalue weighted by Gasteiger charge is -2.10. The van der Waals surface area contributed by atoms with E-state index in [9.17, 15) is 18.4 Å². The van der Waals surface area contributed by atoms with E-state index in [2.05, 4.69) is 10.1 Å². The summed E-state index contributed by atoms with van der Waals surface area (Å²) >= 11 is 7.77. The summed E-state index contributed by atoms with van der Waals surface area (Å²) < 4.78 is 34.1. The van der Waals surface area contributed by atoms with Crippen LogP contribution in [0, 0.1) is 3.57 Å². The summed E-state index contributed by atoms with van der Waals surface area (Å²) in [5.41, 5.74) is 0.606. The molecule has 0 spiro atoms. The summed E-state index contributed by atoms with van der Waals surface area (Å²) in [4.78, 5) is 23.7. The summed E-state index contributed by atoms with van der Waals surface area (Å²) in [6, 6.07) is 10.6. The summed E-state index contributed by atoms with van der Waals surface area (Å²) in [5, 5.41) is 2.35. The molecule has 0 aliphatic heterocycles. The van der Waals surface area contributed by atoms with E-state index in [0.717, 1.165) is 0 Å². The van der Waals surface area contributed by atoms with E-state index >= 15 is 0 Å². The molecular formula is C16H11ClF2INO4. The van der Waals surface area contributed by atoms with Gasteiger partial charge in [0.1, 0.15) is 5.75 Å². The molecule has 132 valence electrons. The zero-order valence-corrected chi connectivity index (χ0v) is 15.4. The van der Waals surface area contributed by atoms with Crippen LogP contribution in [0.15, 0.2) is 42.5 Å². The van der Waals surface area contributed by atoms with Gasteiger partial charge in [-0.25, -0.2) is 4.79 Å². The average molecular weight is 482 g/mol. The number of anilines is 1. The number of amides is 1. The topological polar surface area (TPSA) is 64.6 Å². The highest BCUT2D eigenvalue weighted by molar-refractivity contribution is 14.1. The third kappa shape index (κ3) is 5.82. The van der Waals surface area contributed by atoms with E-state index in [1.54, 1.807) is 24.3 Å². The fraction of sp³-hybridized carbons (Fsp3) is 0.125. The van der Waals surface area contributed by atoms with Crippen molar-refractivity contribution in [1.29, 1.82) is 0 Å². The van der Waals surface area contributed by atoms with Crippen LogP contribution in [0.4, 0.5) is 14.5 Å². The van der Waals surface area contributed by atoms with Crippen LogP contribution >= 0.6 is 34.2 Å². The van der Waals surface area contributed by atoms with Gasteiger partial charge in [-0.05, 0) is 52.9 Å². The van der Waals surface area contributed by atoms with Crippen molar-refractivity contribution in [2.45, 2.75) is 6.61 Å². The summed E-state index contributed by atoms with van der Waals surface area (Å²) in [7, 11) is 0. The Morgan fingerprint density at radius 2 is 1.92 bits per heavy atom. The number of alkyl halides is 2. The van der Waals surface area contributed by atoms with Crippen LogP contribution in [0.3, 0.4) is 0 Å². The zero-order chi connectivity index (χ0) is 18.4. The first-order valence-electron chi connectivity index (χ1n) is 6.82. The molecule has 2 aromatic rings. The Kier molecular flexibility index (Phi) is 6.94. The van der Waals surface area contributed by atoms with Crippen molar-refractivity contribution in [3.05, 3.63) is 56.6 Å². The number of halogens is 4. The summed E-state index contributed by atoms with van der Waals surface area (Å²) in [6.45, 7) is -3.50. The number of hydrogen-bond donors (Lipinski definition) is 1. The fourth-order valence-electron chi connectivity index (χ4n) is 1.80. The van der Waals surface area contributed by atoms with E-state index in [-0.39, 0.29) is 16.5 Å². The second-order valence-electron chi connectivity index (χ2n) is 4.63. The highest BCUT2D eigenvalue weighted by Gasteiger charge is 2.14. The lowest BCUT2D eigenvalue weighted by molar-refractivity contribution is -0.119. The van der Waals surface area contributed by atoms with Crippen molar-refractivity contribution in [3.8, 4) is 5.75 Å². The number of rotatable bonds is 6. The molecule has 1 amide bonds. The Hall–Kier alpha value is -1.94. The van der Waals surface area contributed by atoms with Crippen LogP contribution in [0.5, 0.6) is 5.75 Å². The van der Waals surface area contributed by atoms with E-state index in [4.69, 9.17) is 16.3 Å². The lowest BCUT2D eigenvalue weighted by Crippen LogP contribution is -2.21. The normalized spacial score (nSPS) is 10.4. The maximum atomic E-state index is 12.2. The molecular weight excluding hydrogens is 471 g/mol. The third-order valence-corrected chi connectivity index (χ3v) is 4.10. The molecule has 0 aromatic heterocycles.